The van der Waals surface area contributed by atoms with Crippen LogP contribution in [0.2, 0.25) is 0 Å². The molecule has 0 spiro atoms. The smallest absolute Gasteiger partial charge is 0.270 e. The number of nitrogens with one attached hydrogen (secondary N) is 1. The van der Waals surface area contributed by atoms with Gasteiger partial charge in [-0.2, -0.15) is 4.31 Å². The van der Waals surface area contributed by atoms with Crippen molar-refractivity contribution in [2.75, 3.05) is 18.4 Å². The fraction of sp³-hybridized carbons (Fsp3) is 0.263. The van der Waals surface area contributed by atoms with Crippen molar-refractivity contribution in [3.8, 4) is 0 Å². The molecule has 1 fully saturated rings. The number of anilines is 1. The molecule has 0 atom stereocenters. The minimum atomic E-state index is -4.23. The maximum Gasteiger partial charge on any atom is 0.270 e. The van der Waals surface area contributed by atoms with E-state index in [-0.39, 0.29) is 42.7 Å². The first-order valence-electron chi connectivity index (χ1n) is 9.46. The molecule has 3 aromatic rings. The molecule has 0 bridgehead atoms. The molecule has 1 aromatic heterocycles. The van der Waals surface area contributed by atoms with Crippen LogP contribution in [-0.2, 0) is 14.8 Å². The van der Waals surface area contributed by atoms with Gasteiger partial charge in [0.1, 0.15) is 16.5 Å². The monoisotopic (exact) mass is 482 g/mol. The van der Waals surface area contributed by atoms with Crippen LogP contribution in [0.1, 0.15) is 12.8 Å². The Morgan fingerprint density at radius 1 is 1.19 bits per heavy atom. The Morgan fingerprint density at radius 3 is 2.59 bits per heavy atom. The number of aromatic nitrogens is 1. The highest BCUT2D eigenvalue weighted by Gasteiger charge is 2.34. The van der Waals surface area contributed by atoms with Gasteiger partial charge in [-0.3, -0.25) is 14.9 Å². The van der Waals surface area contributed by atoms with E-state index < -0.39 is 37.4 Å². The summed E-state index contributed by atoms with van der Waals surface area (Å²) in [7, 11) is -4.23. The molecular weight excluding hydrogens is 466 g/mol. The second-order valence-electron chi connectivity index (χ2n) is 7.17. The fourth-order valence-electron chi connectivity index (χ4n) is 3.46. The van der Waals surface area contributed by atoms with Crippen molar-refractivity contribution in [3.63, 3.8) is 0 Å². The molecule has 0 saturated carbocycles. The van der Waals surface area contributed by atoms with Crippen molar-refractivity contribution in [2.24, 2.45) is 5.92 Å². The van der Waals surface area contributed by atoms with Gasteiger partial charge in [-0.05, 0) is 37.1 Å². The summed E-state index contributed by atoms with van der Waals surface area (Å²) >= 11 is 1.10. The summed E-state index contributed by atoms with van der Waals surface area (Å²) in [5, 5.41) is 13.8. The van der Waals surface area contributed by atoms with Crippen LogP contribution in [0.5, 0.6) is 0 Å². The molecule has 4 rings (SSSR count). The lowest BCUT2D eigenvalue weighted by Gasteiger charge is -2.30. The molecule has 32 heavy (non-hydrogen) atoms. The summed E-state index contributed by atoms with van der Waals surface area (Å²) in [5.41, 5.74) is 0.427. The first kappa shape index (κ1) is 22.2. The number of non-ortho nitro benzene ring substituents is 1. The predicted octanol–water partition coefficient (Wildman–Crippen LogP) is 3.52. The topological polar surface area (TPSA) is 123 Å². The van der Waals surface area contributed by atoms with Crippen molar-refractivity contribution < 1.29 is 26.9 Å². The van der Waals surface area contributed by atoms with E-state index in [0.717, 1.165) is 27.8 Å². The van der Waals surface area contributed by atoms with E-state index in [1.165, 1.54) is 18.2 Å². The van der Waals surface area contributed by atoms with Gasteiger partial charge in [0, 0.05) is 31.1 Å². The van der Waals surface area contributed by atoms with Crippen molar-refractivity contribution in [1.29, 1.82) is 0 Å². The number of carbonyl (C=O) groups is 1. The average molecular weight is 482 g/mol. The fourth-order valence-corrected chi connectivity index (χ4v) is 5.91. The highest BCUT2D eigenvalue weighted by Crippen LogP contribution is 2.31. The van der Waals surface area contributed by atoms with Crippen LogP contribution in [0, 0.1) is 27.7 Å². The number of rotatable bonds is 5. The van der Waals surface area contributed by atoms with Gasteiger partial charge in [0.25, 0.3) is 5.69 Å². The number of sulfonamides is 1. The Kier molecular flexibility index (Phi) is 5.88. The number of fused-ring (bicyclic) bond motifs is 1. The Morgan fingerprint density at radius 2 is 1.91 bits per heavy atom. The molecule has 13 heteroatoms. The van der Waals surface area contributed by atoms with Crippen molar-refractivity contribution >= 4 is 48.3 Å². The number of amides is 1. The van der Waals surface area contributed by atoms with Crippen LogP contribution in [0.25, 0.3) is 10.2 Å². The second-order valence-corrected chi connectivity index (χ2v) is 10.1. The molecule has 168 valence electrons. The van der Waals surface area contributed by atoms with Crippen molar-refractivity contribution in [2.45, 2.75) is 17.7 Å². The molecular formula is C19H16F2N4O5S2. The third kappa shape index (κ3) is 4.31. The minimum Gasteiger partial charge on any atom is -0.302 e. The number of nitro benzene ring substituents is 1. The zero-order valence-electron chi connectivity index (χ0n) is 16.3. The minimum absolute atomic E-state index is 0.0254. The summed E-state index contributed by atoms with van der Waals surface area (Å²) in [4.78, 5) is 26.5. The standard InChI is InChI=1S/C19H16F2N4O5S2/c20-12-1-3-14(21)17(9-12)32(29,30)24-7-5-11(6-8-24)18(26)23-19-22-15-4-2-13(25(27)28)10-16(15)31-19/h1-4,9-11H,5-8H2,(H,22,23,26). The van der Waals surface area contributed by atoms with Crippen LogP contribution >= 0.6 is 11.3 Å². The zero-order valence-corrected chi connectivity index (χ0v) is 18.0. The Balaban J connectivity index is 1.42. The number of benzene rings is 2. The Labute approximate surface area is 184 Å². The molecule has 1 aliphatic heterocycles. The van der Waals surface area contributed by atoms with Crippen molar-refractivity contribution in [1.82, 2.24) is 9.29 Å². The van der Waals surface area contributed by atoms with Crippen LogP contribution in [0.4, 0.5) is 19.6 Å². The number of hydrogen-bond acceptors (Lipinski definition) is 7. The van der Waals surface area contributed by atoms with Gasteiger partial charge in [-0.15, -0.1) is 0 Å². The van der Waals surface area contributed by atoms with Gasteiger partial charge in [0.2, 0.25) is 15.9 Å². The van der Waals surface area contributed by atoms with E-state index in [1.807, 2.05) is 0 Å². The lowest BCUT2D eigenvalue weighted by molar-refractivity contribution is -0.384. The van der Waals surface area contributed by atoms with Gasteiger partial charge in [0.15, 0.2) is 5.13 Å². The Hall–Kier alpha value is -3.03. The second kappa shape index (κ2) is 8.48. The molecule has 1 aliphatic rings. The van der Waals surface area contributed by atoms with E-state index in [2.05, 4.69) is 10.3 Å². The number of halogens is 2. The van der Waals surface area contributed by atoms with Gasteiger partial charge in [-0.25, -0.2) is 22.2 Å². The van der Waals surface area contributed by atoms with Gasteiger partial charge < -0.3 is 5.32 Å². The highest BCUT2D eigenvalue weighted by molar-refractivity contribution is 7.89. The van der Waals surface area contributed by atoms with Gasteiger partial charge in [0.05, 0.1) is 15.1 Å². The Bertz CT molecular complexity index is 1320. The first-order chi connectivity index (χ1) is 15.1. The summed E-state index contributed by atoms with van der Waals surface area (Å²) < 4.78 is 54.3. The van der Waals surface area contributed by atoms with E-state index in [0.29, 0.717) is 16.3 Å². The molecule has 0 unspecified atom stereocenters. The number of thiazole rings is 1. The van der Waals surface area contributed by atoms with Crippen LogP contribution in [0.3, 0.4) is 0 Å². The third-order valence-corrected chi connectivity index (χ3v) is 8.00. The maximum absolute atomic E-state index is 13.9. The molecule has 0 radical (unpaired) electrons. The molecule has 2 aromatic carbocycles. The lowest BCUT2D eigenvalue weighted by atomic mass is 9.97. The van der Waals surface area contributed by atoms with E-state index >= 15 is 0 Å². The normalized spacial score (nSPS) is 15.7. The molecule has 2 heterocycles. The predicted molar refractivity (Wildman–Crippen MR) is 113 cm³/mol. The average Bonchev–Trinajstić information content (AvgIpc) is 3.16. The zero-order chi connectivity index (χ0) is 23.0. The van der Waals surface area contributed by atoms with E-state index in [1.54, 1.807) is 0 Å². The summed E-state index contributed by atoms with van der Waals surface area (Å²) in [6.45, 7) is -0.0508. The number of hydrogen-bond donors (Lipinski definition) is 1. The van der Waals surface area contributed by atoms with Crippen molar-refractivity contribution in [3.05, 3.63) is 58.1 Å². The largest absolute Gasteiger partial charge is 0.302 e. The van der Waals surface area contributed by atoms with Gasteiger partial charge in [-0.1, -0.05) is 11.3 Å². The molecule has 1 saturated heterocycles. The third-order valence-electron chi connectivity index (χ3n) is 5.15. The quantitative estimate of drug-likeness (QED) is 0.439. The number of carbonyl (C=O) groups excluding carboxylic acids is 1. The SMILES string of the molecule is O=C(Nc1nc2ccc([N+](=O)[O-])cc2s1)C1CCN(S(=O)(=O)c2cc(F)ccc2F)CC1. The first-order valence-corrected chi connectivity index (χ1v) is 11.7. The lowest BCUT2D eigenvalue weighted by Crippen LogP contribution is -2.41. The van der Waals surface area contributed by atoms with Crippen LogP contribution in [-0.4, -0.2) is 41.6 Å². The number of nitrogens with zero attached hydrogens (tertiary/aromatic N) is 3. The summed E-state index contributed by atoms with van der Waals surface area (Å²) in [5.74, 6) is -2.75. The summed E-state index contributed by atoms with van der Waals surface area (Å²) in [6.07, 6.45) is 0.386. The maximum atomic E-state index is 13.9. The summed E-state index contributed by atoms with van der Waals surface area (Å²) in [6, 6.07) is 6.43. The molecule has 9 nitrogen and oxygen atoms in total. The molecule has 1 N–H and O–H groups in total. The number of nitro groups is 1. The van der Waals surface area contributed by atoms with E-state index in [9.17, 15) is 32.1 Å². The molecule has 1 amide bonds. The van der Waals surface area contributed by atoms with E-state index in [4.69, 9.17) is 0 Å². The van der Waals surface area contributed by atoms with Gasteiger partial charge >= 0.3 is 0 Å². The van der Waals surface area contributed by atoms with Crippen LogP contribution < -0.4 is 5.32 Å². The molecule has 0 aliphatic carbocycles. The highest BCUT2D eigenvalue weighted by atomic mass is 32.2. The number of piperidine rings is 1. The van der Waals surface area contributed by atoms with Crippen LogP contribution in [0.15, 0.2) is 41.3 Å².